The average Bonchev–Trinajstić information content (AvgIpc) is 3.05. The average molecular weight is 331 g/mol. The summed E-state index contributed by atoms with van der Waals surface area (Å²) in [6, 6.07) is 7.61. The van der Waals surface area contributed by atoms with E-state index in [9.17, 15) is 8.42 Å². The highest BCUT2D eigenvalue weighted by molar-refractivity contribution is 7.91. The van der Waals surface area contributed by atoms with E-state index in [1.165, 1.54) is 0 Å². The van der Waals surface area contributed by atoms with Gasteiger partial charge in [0.2, 0.25) is 0 Å². The van der Waals surface area contributed by atoms with Gasteiger partial charge in [0.05, 0.1) is 41.3 Å². The first kappa shape index (κ1) is 14.4. The largest absolute Gasteiger partial charge is 0.495 e. The van der Waals surface area contributed by atoms with Gasteiger partial charge in [0.1, 0.15) is 5.75 Å². The van der Waals surface area contributed by atoms with Gasteiger partial charge in [0.15, 0.2) is 15.5 Å². The number of aryl methyl sites for hydroxylation is 1. The monoisotopic (exact) mass is 331 g/mol. The molecule has 0 radical (unpaired) electrons. The fraction of sp³-hybridized carbons (Fsp3) is 0.375. The maximum atomic E-state index is 11.8. The zero-order chi connectivity index (χ0) is 16.2. The highest BCUT2D eigenvalue weighted by Crippen LogP contribution is 2.36. The van der Waals surface area contributed by atoms with Crippen molar-refractivity contribution < 1.29 is 13.2 Å². The Labute approximate surface area is 134 Å². The third-order valence-corrected chi connectivity index (χ3v) is 6.17. The second-order valence-corrected chi connectivity index (χ2v) is 8.18. The van der Waals surface area contributed by atoms with E-state index in [0.29, 0.717) is 12.1 Å². The van der Waals surface area contributed by atoms with E-state index in [2.05, 4.69) is 5.10 Å². The Balaban J connectivity index is 2.03. The van der Waals surface area contributed by atoms with Gasteiger partial charge in [0.25, 0.3) is 0 Å². The number of para-hydroxylation sites is 1. The van der Waals surface area contributed by atoms with Crippen molar-refractivity contribution >= 4 is 31.8 Å². The summed E-state index contributed by atoms with van der Waals surface area (Å²) < 4.78 is 31.0. The maximum Gasteiger partial charge on any atom is 0.162 e. The summed E-state index contributed by atoms with van der Waals surface area (Å²) in [5.74, 6) is 1.08. The lowest BCUT2D eigenvalue weighted by Gasteiger charge is -2.11. The van der Waals surface area contributed by atoms with Crippen LogP contribution in [-0.4, -0.2) is 41.8 Å². The van der Waals surface area contributed by atoms with Crippen LogP contribution in [0.25, 0.3) is 21.9 Å². The topological polar surface area (TPSA) is 74.1 Å². The van der Waals surface area contributed by atoms with Gasteiger partial charge in [-0.3, -0.25) is 0 Å². The molecule has 0 N–H and O–H groups in total. The molecule has 1 aliphatic rings. The molecule has 23 heavy (non-hydrogen) atoms. The van der Waals surface area contributed by atoms with Crippen LogP contribution in [0.3, 0.4) is 0 Å². The van der Waals surface area contributed by atoms with Gasteiger partial charge < -0.3 is 4.74 Å². The standard InChI is InChI=1S/C16H17N3O3S/c1-10-14-15(22-2)12-5-3-4-6-13(12)17-16(14)19(18-10)11-7-8-23(20,21)9-11/h3-6,11H,7-9H2,1-2H3/t11-/m1/s1. The summed E-state index contributed by atoms with van der Waals surface area (Å²) in [6.07, 6.45) is 0.579. The molecule has 0 amide bonds. The first-order chi connectivity index (χ1) is 11.0. The number of ether oxygens (including phenoxy) is 1. The smallest absolute Gasteiger partial charge is 0.162 e. The predicted octanol–water partition coefficient (Wildman–Crippen LogP) is 2.26. The van der Waals surface area contributed by atoms with Crippen molar-refractivity contribution in [2.24, 2.45) is 0 Å². The number of nitrogens with zero attached hydrogens (tertiary/aromatic N) is 3. The molecule has 120 valence electrons. The summed E-state index contributed by atoms with van der Waals surface area (Å²) in [4.78, 5) is 4.73. The summed E-state index contributed by atoms with van der Waals surface area (Å²) in [7, 11) is -1.34. The number of aromatic nitrogens is 3. The van der Waals surface area contributed by atoms with Gasteiger partial charge in [-0.25, -0.2) is 18.1 Å². The predicted molar refractivity (Wildman–Crippen MR) is 88.6 cm³/mol. The number of methoxy groups -OCH3 is 1. The van der Waals surface area contributed by atoms with Crippen molar-refractivity contribution in [3.63, 3.8) is 0 Å². The lowest BCUT2D eigenvalue weighted by atomic mass is 10.1. The highest BCUT2D eigenvalue weighted by atomic mass is 32.2. The van der Waals surface area contributed by atoms with Gasteiger partial charge in [-0.05, 0) is 25.5 Å². The van der Waals surface area contributed by atoms with Crippen LogP contribution >= 0.6 is 0 Å². The fourth-order valence-corrected chi connectivity index (χ4v) is 5.05. The molecule has 2 aromatic heterocycles. The van der Waals surface area contributed by atoms with Crippen LogP contribution in [0.15, 0.2) is 24.3 Å². The minimum absolute atomic E-state index is 0.125. The Bertz CT molecular complexity index is 1020. The van der Waals surface area contributed by atoms with E-state index < -0.39 is 9.84 Å². The summed E-state index contributed by atoms with van der Waals surface area (Å²) >= 11 is 0. The Morgan fingerprint density at radius 2 is 2.09 bits per heavy atom. The highest BCUT2D eigenvalue weighted by Gasteiger charge is 2.32. The minimum atomic E-state index is -2.98. The summed E-state index contributed by atoms with van der Waals surface area (Å²) in [5, 5.41) is 6.37. The summed E-state index contributed by atoms with van der Waals surface area (Å²) in [5.41, 5.74) is 2.32. The van der Waals surface area contributed by atoms with E-state index >= 15 is 0 Å². The molecule has 1 atom stereocenters. The lowest BCUT2D eigenvalue weighted by molar-refractivity contribution is 0.424. The minimum Gasteiger partial charge on any atom is -0.495 e. The van der Waals surface area contributed by atoms with E-state index in [-0.39, 0.29) is 17.5 Å². The maximum absolute atomic E-state index is 11.8. The molecule has 1 aromatic carbocycles. The van der Waals surface area contributed by atoms with Crippen molar-refractivity contribution in [3.05, 3.63) is 30.0 Å². The molecule has 3 heterocycles. The van der Waals surface area contributed by atoms with Gasteiger partial charge in [-0.2, -0.15) is 5.10 Å². The lowest BCUT2D eigenvalue weighted by Crippen LogP contribution is -2.13. The number of pyridine rings is 1. The number of rotatable bonds is 2. The van der Waals surface area contributed by atoms with Crippen LogP contribution in [0.5, 0.6) is 5.75 Å². The van der Waals surface area contributed by atoms with Gasteiger partial charge in [-0.1, -0.05) is 12.1 Å². The number of benzene rings is 1. The zero-order valence-corrected chi connectivity index (χ0v) is 13.8. The van der Waals surface area contributed by atoms with Crippen LogP contribution in [-0.2, 0) is 9.84 Å². The van der Waals surface area contributed by atoms with E-state index in [4.69, 9.17) is 9.72 Å². The third-order valence-electron chi connectivity index (χ3n) is 4.42. The molecule has 3 aromatic rings. The number of sulfone groups is 1. The van der Waals surface area contributed by atoms with E-state index in [0.717, 1.165) is 27.7 Å². The Morgan fingerprint density at radius 3 is 2.78 bits per heavy atom. The molecule has 6 nitrogen and oxygen atoms in total. The molecule has 0 unspecified atom stereocenters. The van der Waals surface area contributed by atoms with Crippen molar-refractivity contribution in [3.8, 4) is 5.75 Å². The zero-order valence-electron chi connectivity index (χ0n) is 13.0. The van der Waals surface area contributed by atoms with Gasteiger partial charge in [0, 0.05) is 5.39 Å². The molecule has 0 bridgehead atoms. The van der Waals surface area contributed by atoms with E-state index in [1.807, 2.05) is 31.2 Å². The first-order valence-electron chi connectivity index (χ1n) is 7.52. The van der Waals surface area contributed by atoms with E-state index in [1.54, 1.807) is 11.8 Å². The number of hydrogen-bond donors (Lipinski definition) is 0. The molecule has 1 aliphatic heterocycles. The van der Waals surface area contributed by atoms with Crippen molar-refractivity contribution in [1.29, 1.82) is 0 Å². The molecular weight excluding hydrogens is 314 g/mol. The van der Waals surface area contributed by atoms with Gasteiger partial charge in [-0.15, -0.1) is 0 Å². The molecule has 0 aliphatic carbocycles. The van der Waals surface area contributed by atoms with Crippen molar-refractivity contribution in [2.75, 3.05) is 18.6 Å². The second-order valence-electron chi connectivity index (χ2n) is 5.95. The van der Waals surface area contributed by atoms with Crippen LogP contribution in [0.1, 0.15) is 18.2 Å². The first-order valence-corrected chi connectivity index (χ1v) is 9.34. The molecule has 0 saturated carbocycles. The Hall–Kier alpha value is -2.15. The third kappa shape index (κ3) is 2.18. The fourth-order valence-electron chi connectivity index (χ4n) is 3.36. The SMILES string of the molecule is COc1c2ccccc2nc2c1c(C)nn2[C@@H]1CCS(=O)(=O)C1. The van der Waals surface area contributed by atoms with Gasteiger partial charge >= 0.3 is 0 Å². The Morgan fingerprint density at radius 1 is 1.30 bits per heavy atom. The molecule has 7 heteroatoms. The van der Waals surface area contributed by atoms with Crippen LogP contribution < -0.4 is 4.74 Å². The summed E-state index contributed by atoms with van der Waals surface area (Å²) in [6.45, 7) is 1.90. The number of hydrogen-bond acceptors (Lipinski definition) is 5. The normalized spacial score (nSPS) is 20.3. The van der Waals surface area contributed by atoms with Crippen molar-refractivity contribution in [1.82, 2.24) is 14.8 Å². The second kappa shape index (κ2) is 4.92. The van der Waals surface area contributed by atoms with Crippen LogP contribution in [0.4, 0.5) is 0 Å². The Kier molecular flexibility index (Phi) is 3.09. The molecule has 4 rings (SSSR count). The van der Waals surface area contributed by atoms with Crippen LogP contribution in [0.2, 0.25) is 0 Å². The number of fused-ring (bicyclic) bond motifs is 2. The molecule has 1 saturated heterocycles. The van der Waals surface area contributed by atoms with Crippen LogP contribution in [0, 0.1) is 6.92 Å². The molecule has 1 fully saturated rings. The molecular formula is C16H17N3O3S. The van der Waals surface area contributed by atoms with Crippen molar-refractivity contribution in [2.45, 2.75) is 19.4 Å². The quantitative estimate of drug-likeness (QED) is 0.720. The molecule has 0 spiro atoms.